The van der Waals surface area contributed by atoms with E-state index in [9.17, 15) is 9.59 Å². The van der Waals surface area contributed by atoms with Crippen molar-refractivity contribution < 1.29 is 9.53 Å². The summed E-state index contributed by atoms with van der Waals surface area (Å²) in [5.41, 5.74) is 2.30. The van der Waals surface area contributed by atoms with Gasteiger partial charge in [0.1, 0.15) is 6.54 Å². The lowest BCUT2D eigenvalue weighted by Crippen LogP contribution is -2.26. The molecule has 0 aliphatic rings. The Morgan fingerprint density at radius 1 is 1.42 bits per heavy atom. The van der Waals surface area contributed by atoms with E-state index in [2.05, 4.69) is 15.9 Å². The number of rotatable bonds is 3. The van der Waals surface area contributed by atoms with Gasteiger partial charge in [0.05, 0.1) is 17.6 Å². The Balaban J connectivity index is 2.64. The Kier molecular flexibility index (Phi) is 3.80. The lowest BCUT2D eigenvalue weighted by Gasteiger charge is -2.04. The molecule has 1 heterocycles. The third-order valence-electron chi connectivity index (χ3n) is 2.92. The Hall–Kier alpha value is -1.56. The molecule has 0 saturated heterocycles. The van der Waals surface area contributed by atoms with Crippen molar-refractivity contribution in [3.05, 3.63) is 32.7 Å². The van der Waals surface area contributed by atoms with Gasteiger partial charge in [-0.15, -0.1) is 0 Å². The highest BCUT2D eigenvalue weighted by molar-refractivity contribution is 9.10. The zero-order valence-corrected chi connectivity index (χ0v) is 12.7. The zero-order valence-electron chi connectivity index (χ0n) is 11.1. The molecule has 0 unspecified atom stereocenters. The molecule has 2 rings (SSSR count). The number of esters is 1. The second-order valence-corrected chi connectivity index (χ2v) is 5.20. The van der Waals surface area contributed by atoms with Crippen LogP contribution >= 0.6 is 15.9 Å². The van der Waals surface area contributed by atoms with E-state index >= 15 is 0 Å². The normalized spacial score (nSPS) is 10.9. The van der Waals surface area contributed by atoms with Gasteiger partial charge in [-0.25, -0.2) is 4.79 Å². The number of aromatic nitrogens is 2. The van der Waals surface area contributed by atoms with E-state index in [0.717, 1.165) is 21.1 Å². The van der Waals surface area contributed by atoms with E-state index in [1.54, 1.807) is 14.0 Å². The minimum Gasteiger partial charge on any atom is -0.465 e. The Bertz CT molecular complexity index is 700. The lowest BCUT2D eigenvalue weighted by molar-refractivity contribution is -0.143. The van der Waals surface area contributed by atoms with Crippen LogP contribution in [0.4, 0.5) is 0 Å². The van der Waals surface area contributed by atoms with E-state index in [1.807, 2.05) is 19.1 Å². The van der Waals surface area contributed by atoms with Crippen LogP contribution in [0.5, 0.6) is 0 Å². The summed E-state index contributed by atoms with van der Waals surface area (Å²) in [6, 6.07) is 3.83. The monoisotopic (exact) mass is 326 g/mol. The van der Waals surface area contributed by atoms with E-state index in [1.165, 1.54) is 9.13 Å². The molecule has 0 radical (unpaired) electrons. The highest BCUT2D eigenvalue weighted by atomic mass is 79.9. The summed E-state index contributed by atoms with van der Waals surface area (Å²) in [5.74, 6) is -0.408. The fourth-order valence-corrected chi connectivity index (χ4v) is 2.95. The van der Waals surface area contributed by atoms with E-state index in [4.69, 9.17) is 4.74 Å². The molecule has 1 aromatic carbocycles. The number of aryl methyl sites for hydroxylation is 2. The highest BCUT2D eigenvalue weighted by Crippen LogP contribution is 2.24. The van der Waals surface area contributed by atoms with Gasteiger partial charge in [-0.3, -0.25) is 13.9 Å². The summed E-state index contributed by atoms with van der Waals surface area (Å²) in [7, 11) is 1.69. The maximum atomic E-state index is 12.2. The molecule has 0 aliphatic heterocycles. The first-order valence-corrected chi connectivity index (χ1v) is 6.76. The van der Waals surface area contributed by atoms with Crippen LogP contribution in [0, 0.1) is 6.92 Å². The number of carbonyl (C=O) groups excluding carboxylic acids is 1. The van der Waals surface area contributed by atoms with Gasteiger partial charge in [0.2, 0.25) is 0 Å². The van der Waals surface area contributed by atoms with E-state index < -0.39 is 5.97 Å². The van der Waals surface area contributed by atoms with Crippen molar-refractivity contribution in [3.8, 4) is 0 Å². The number of hydrogen-bond donors (Lipinski definition) is 0. The first-order chi connectivity index (χ1) is 8.95. The van der Waals surface area contributed by atoms with Gasteiger partial charge >= 0.3 is 11.7 Å². The number of nitrogens with zero attached hydrogens (tertiary/aromatic N) is 2. The van der Waals surface area contributed by atoms with Gasteiger partial charge in [0.15, 0.2) is 0 Å². The zero-order chi connectivity index (χ0) is 14.2. The first kappa shape index (κ1) is 13.9. The first-order valence-electron chi connectivity index (χ1n) is 5.96. The van der Waals surface area contributed by atoms with Crippen LogP contribution in [0.25, 0.3) is 11.0 Å². The van der Waals surface area contributed by atoms with Crippen molar-refractivity contribution in [2.75, 3.05) is 6.61 Å². The molecular weight excluding hydrogens is 312 g/mol. The number of imidazole rings is 1. The predicted molar refractivity (Wildman–Crippen MR) is 76.2 cm³/mol. The fraction of sp³-hybridized carbons (Fsp3) is 0.385. The molecule has 0 fully saturated rings. The number of halogens is 1. The largest absolute Gasteiger partial charge is 0.465 e. The average molecular weight is 327 g/mol. The molecule has 0 saturated carbocycles. The van der Waals surface area contributed by atoms with Crippen molar-refractivity contribution in [2.45, 2.75) is 20.4 Å². The minimum atomic E-state index is -0.408. The summed E-state index contributed by atoms with van der Waals surface area (Å²) in [6.45, 7) is 3.92. The molecule has 0 bridgehead atoms. The molecule has 0 amide bonds. The van der Waals surface area contributed by atoms with Gasteiger partial charge in [-0.2, -0.15) is 0 Å². The van der Waals surface area contributed by atoms with Crippen LogP contribution in [0.2, 0.25) is 0 Å². The maximum Gasteiger partial charge on any atom is 0.329 e. The van der Waals surface area contributed by atoms with Crippen molar-refractivity contribution in [1.29, 1.82) is 0 Å². The van der Waals surface area contributed by atoms with Crippen LogP contribution < -0.4 is 5.69 Å². The second-order valence-electron chi connectivity index (χ2n) is 4.35. The number of fused-ring (bicyclic) bond motifs is 1. The molecule has 0 N–H and O–H groups in total. The van der Waals surface area contributed by atoms with E-state index in [0.29, 0.717) is 6.61 Å². The van der Waals surface area contributed by atoms with Gasteiger partial charge in [-0.1, -0.05) is 0 Å². The van der Waals surface area contributed by atoms with Crippen LogP contribution in [-0.2, 0) is 23.1 Å². The summed E-state index contributed by atoms with van der Waals surface area (Å²) in [5, 5.41) is 0. The third kappa shape index (κ3) is 2.45. The van der Waals surface area contributed by atoms with Crippen molar-refractivity contribution in [3.63, 3.8) is 0 Å². The molecule has 0 spiro atoms. The molecule has 6 heteroatoms. The molecular formula is C13H15BrN2O3. The van der Waals surface area contributed by atoms with Gasteiger partial charge in [-0.05, 0) is 47.5 Å². The summed E-state index contributed by atoms with van der Waals surface area (Å²) < 4.78 is 8.70. The minimum absolute atomic E-state index is 0.0695. The van der Waals surface area contributed by atoms with Gasteiger partial charge in [0.25, 0.3) is 0 Å². The molecule has 19 heavy (non-hydrogen) atoms. The number of ether oxygens (including phenoxy) is 1. The van der Waals surface area contributed by atoms with E-state index in [-0.39, 0.29) is 12.2 Å². The SMILES string of the molecule is CCOC(=O)Cn1c(=O)n(C)c2c(Br)cc(C)cc21. The number of benzene rings is 1. The van der Waals surface area contributed by atoms with Crippen LogP contribution in [0.15, 0.2) is 21.4 Å². The standard InChI is InChI=1S/C13H15BrN2O3/c1-4-19-11(17)7-16-10-6-8(2)5-9(14)12(10)15(3)13(16)18/h5-6H,4,7H2,1-3H3. The maximum absolute atomic E-state index is 12.2. The average Bonchev–Trinajstić information content (AvgIpc) is 2.54. The molecule has 0 atom stereocenters. The number of carbonyl (C=O) groups is 1. The topological polar surface area (TPSA) is 53.2 Å². The Morgan fingerprint density at radius 3 is 2.74 bits per heavy atom. The predicted octanol–water partition coefficient (Wildman–Crippen LogP) is 1.97. The summed E-state index contributed by atoms with van der Waals surface area (Å²) in [4.78, 5) is 23.8. The molecule has 1 aromatic heterocycles. The third-order valence-corrected chi connectivity index (χ3v) is 3.53. The van der Waals surface area contributed by atoms with Crippen molar-refractivity contribution in [1.82, 2.24) is 9.13 Å². The quantitative estimate of drug-likeness (QED) is 0.810. The molecule has 102 valence electrons. The van der Waals surface area contributed by atoms with Crippen LogP contribution in [-0.4, -0.2) is 21.7 Å². The summed E-state index contributed by atoms with van der Waals surface area (Å²) in [6.07, 6.45) is 0. The van der Waals surface area contributed by atoms with Crippen LogP contribution in [0.3, 0.4) is 0 Å². The van der Waals surface area contributed by atoms with Gasteiger partial charge < -0.3 is 4.74 Å². The fourth-order valence-electron chi connectivity index (χ4n) is 2.12. The smallest absolute Gasteiger partial charge is 0.329 e. The molecule has 0 aliphatic carbocycles. The number of hydrogen-bond acceptors (Lipinski definition) is 3. The second kappa shape index (κ2) is 5.21. The lowest BCUT2D eigenvalue weighted by atomic mass is 10.2. The molecule has 5 nitrogen and oxygen atoms in total. The van der Waals surface area contributed by atoms with Gasteiger partial charge in [0, 0.05) is 11.5 Å². The Morgan fingerprint density at radius 2 is 2.11 bits per heavy atom. The van der Waals surface area contributed by atoms with Crippen molar-refractivity contribution >= 4 is 32.9 Å². The van der Waals surface area contributed by atoms with Crippen LogP contribution in [0.1, 0.15) is 12.5 Å². The highest BCUT2D eigenvalue weighted by Gasteiger charge is 2.16. The summed E-state index contributed by atoms with van der Waals surface area (Å²) >= 11 is 3.45. The van der Waals surface area contributed by atoms with Crippen molar-refractivity contribution in [2.24, 2.45) is 7.05 Å². The Labute approximate surface area is 118 Å². The molecule has 2 aromatic rings.